The molecule has 0 aliphatic carbocycles. The third-order valence-electron chi connectivity index (χ3n) is 5.34. The number of fused-ring (bicyclic) bond motifs is 1. The minimum atomic E-state index is -3.74. The number of carbonyl (C=O) groups excluding carboxylic acids is 1. The number of likely N-dealkylation sites (tertiary alicyclic amines) is 1. The first-order valence-corrected chi connectivity index (χ1v) is 11.2. The maximum absolute atomic E-state index is 12.9. The van der Waals surface area contributed by atoms with E-state index in [9.17, 15) is 13.2 Å². The normalized spacial score (nSPS) is 17.0. The third-order valence-corrected chi connectivity index (χ3v) is 7.05. The van der Waals surface area contributed by atoms with Gasteiger partial charge in [0.25, 0.3) is 5.91 Å². The fourth-order valence-corrected chi connectivity index (χ4v) is 5.30. The quantitative estimate of drug-likeness (QED) is 0.729. The van der Waals surface area contributed by atoms with Crippen LogP contribution in [0.25, 0.3) is 0 Å². The van der Waals surface area contributed by atoms with Crippen molar-refractivity contribution in [2.24, 2.45) is 0 Å². The molecule has 11 heteroatoms. The van der Waals surface area contributed by atoms with Gasteiger partial charge in [-0.25, -0.2) is 13.1 Å². The number of carbonyl (C=O) groups is 1. The maximum atomic E-state index is 12.9. The van der Waals surface area contributed by atoms with Gasteiger partial charge in [0, 0.05) is 37.3 Å². The minimum Gasteiger partial charge on any atom is -0.376 e. The highest BCUT2D eigenvalue weighted by Crippen LogP contribution is 2.24. The summed E-state index contributed by atoms with van der Waals surface area (Å²) in [5, 5.41) is 8.23. The van der Waals surface area contributed by atoms with Crippen LogP contribution in [0.2, 0.25) is 0 Å². The average molecular weight is 423 g/mol. The van der Waals surface area contributed by atoms with Crippen molar-refractivity contribution in [3.63, 3.8) is 0 Å². The van der Waals surface area contributed by atoms with E-state index in [1.807, 2.05) is 4.90 Å². The van der Waals surface area contributed by atoms with Crippen molar-refractivity contribution in [3.8, 4) is 0 Å². The lowest BCUT2D eigenvalue weighted by Gasteiger charge is -2.17. The highest BCUT2D eigenvalue weighted by Gasteiger charge is 2.30. The van der Waals surface area contributed by atoms with Crippen LogP contribution in [0.15, 0.2) is 9.42 Å². The molecular formula is C18H25N5O5S. The Bertz CT molecular complexity index is 1000. The summed E-state index contributed by atoms with van der Waals surface area (Å²) in [6.07, 6.45) is 2.66. The summed E-state index contributed by atoms with van der Waals surface area (Å²) in [6, 6.07) is 0. The Labute approximate surface area is 169 Å². The summed E-state index contributed by atoms with van der Waals surface area (Å²) in [5.41, 5.74) is 2.51. The van der Waals surface area contributed by atoms with Crippen LogP contribution in [-0.4, -0.2) is 60.4 Å². The molecule has 4 rings (SSSR count). The van der Waals surface area contributed by atoms with Gasteiger partial charge in [-0.3, -0.25) is 9.48 Å². The summed E-state index contributed by atoms with van der Waals surface area (Å²) >= 11 is 0. The van der Waals surface area contributed by atoms with Crippen LogP contribution in [0.5, 0.6) is 0 Å². The van der Waals surface area contributed by atoms with Crippen molar-refractivity contribution in [1.29, 1.82) is 0 Å². The van der Waals surface area contributed by atoms with E-state index in [0.29, 0.717) is 37.6 Å². The second-order valence-electron chi connectivity index (χ2n) is 7.35. The SMILES string of the molecule is Cc1noc(C)c1S(=O)(=O)NCCn1nc(C(=O)N2CCCC2)c2c1CCOC2. The van der Waals surface area contributed by atoms with E-state index >= 15 is 0 Å². The Kier molecular flexibility index (Phi) is 5.45. The van der Waals surface area contributed by atoms with E-state index in [1.54, 1.807) is 18.5 Å². The van der Waals surface area contributed by atoms with E-state index in [2.05, 4.69) is 15.0 Å². The standard InChI is InChI=1S/C18H25N5O5S/c1-12-17(13(2)28-21-12)29(25,26)19-6-9-23-15-5-10-27-11-14(15)16(20-23)18(24)22-7-3-4-8-22/h19H,3-11H2,1-2H3. The molecule has 0 spiro atoms. The topological polar surface area (TPSA) is 120 Å². The molecule has 2 aromatic rings. The summed E-state index contributed by atoms with van der Waals surface area (Å²) < 4.78 is 40.0. The Morgan fingerprint density at radius 2 is 2.00 bits per heavy atom. The molecule has 29 heavy (non-hydrogen) atoms. The van der Waals surface area contributed by atoms with Crippen LogP contribution in [0.4, 0.5) is 0 Å². The molecule has 1 amide bonds. The van der Waals surface area contributed by atoms with Crippen LogP contribution in [0.1, 0.15) is 46.0 Å². The molecule has 0 unspecified atom stereocenters. The van der Waals surface area contributed by atoms with Crippen molar-refractivity contribution >= 4 is 15.9 Å². The van der Waals surface area contributed by atoms with Gasteiger partial charge in [-0.05, 0) is 26.7 Å². The second-order valence-corrected chi connectivity index (χ2v) is 9.05. The lowest BCUT2D eigenvalue weighted by molar-refractivity contribution is 0.0772. The fourth-order valence-electron chi connectivity index (χ4n) is 3.95. The molecule has 1 fully saturated rings. The molecule has 0 aromatic carbocycles. The summed E-state index contributed by atoms with van der Waals surface area (Å²) in [7, 11) is -3.74. The molecule has 2 aliphatic heterocycles. The third kappa shape index (κ3) is 3.81. The number of rotatable bonds is 6. The van der Waals surface area contributed by atoms with Gasteiger partial charge in [0.2, 0.25) is 10.0 Å². The number of amides is 1. The predicted molar refractivity (Wildman–Crippen MR) is 102 cm³/mol. The van der Waals surface area contributed by atoms with Crippen LogP contribution < -0.4 is 4.72 Å². The first-order chi connectivity index (χ1) is 13.9. The van der Waals surface area contributed by atoms with Crippen molar-refractivity contribution in [2.75, 3.05) is 26.2 Å². The molecule has 1 saturated heterocycles. The number of aromatic nitrogens is 3. The van der Waals surface area contributed by atoms with Gasteiger partial charge in [-0.2, -0.15) is 5.10 Å². The number of hydrogen-bond donors (Lipinski definition) is 1. The van der Waals surface area contributed by atoms with E-state index < -0.39 is 10.0 Å². The average Bonchev–Trinajstić information content (AvgIpc) is 3.41. The predicted octanol–water partition coefficient (Wildman–Crippen LogP) is 0.775. The first-order valence-electron chi connectivity index (χ1n) is 9.76. The molecule has 0 bridgehead atoms. The lowest BCUT2D eigenvalue weighted by atomic mass is 10.1. The van der Waals surface area contributed by atoms with Gasteiger partial charge in [0.05, 0.1) is 19.8 Å². The summed E-state index contributed by atoms with van der Waals surface area (Å²) in [4.78, 5) is 14.8. The second kappa shape index (κ2) is 7.88. The Hall–Kier alpha value is -2.24. The molecule has 0 atom stereocenters. The van der Waals surface area contributed by atoms with Crippen LogP contribution >= 0.6 is 0 Å². The number of ether oxygens (including phenoxy) is 1. The zero-order chi connectivity index (χ0) is 20.6. The van der Waals surface area contributed by atoms with Gasteiger partial charge < -0.3 is 14.2 Å². The molecule has 1 N–H and O–H groups in total. The van der Waals surface area contributed by atoms with Crippen molar-refractivity contribution in [2.45, 2.75) is 51.2 Å². The largest absolute Gasteiger partial charge is 0.376 e. The van der Waals surface area contributed by atoms with E-state index in [0.717, 1.165) is 37.2 Å². The highest BCUT2D eigenvalue weighted by atomic mass is 32.2. The number of sulfonamides is 1. The molecule has 2 aliphatic rings. The van der Waals surface area contributed by atoms with Gasteiger partial charge >= 0.3 is 0 Å². The Morgan fingerprint density at radius 1 is 1.24 bits per heavy atom. The zero-order valence-corrected chi connectivity index (χ0v) is 17.4. The number of aryl methyl sites for hydroxylation is 2. The van der Waals surface area contributed by atoms with Crippen LogP contribution in [-0.2, 0) is 34.3 Å². The van der Waals surface area contributed by atoms with Gasteiger partial charge in [-0.15, -0.1) is 0 Å². The smallest absolute Gasteiger partial charge is 0.274 e. The number of nitrogens with zero attached hydrogens (tertiary/aromatic N) is 4. The Morgan fingerprint density at radius 3 is 2.69 bits per heavy atom. The maximum Gasteiger partial charge on any atom is 0.274 e. The molecule has 10 nitrogen and oxygen atoms in total. The Balaban J connectivity index is 1.51. The van der Waals surface area contributed by atoms with Gasteiger partial charge in [0.15, 0.2) is 11.5 Å². The lowest BCUT2D eigenvalue weighted by Crippen LogP contribution is -2.30. The highest BCUT2D eigenvalue weighted by molar-refractivity contribution is 7.89. The zero-order valence-electron chi connectivity index (χ0n) is 16.6. The molecule has 0 saturated carbocycles. The summed E-state index contributed by atoms with van der Waals surface area (Å²) in [6.45, 7) is 6.02. The molecule has 158 valence electrons. The van der Waals surface area contributed by atoms with E-state index in [1.165, 1.54) is 0 Å². The number of hydrogen-bond acceptors (Lipinski definition) is 7. The first kappa shape index (κ1) is 20.0. The van der Waals surface area contributed by atoms with E-state index in [-0.39, 0.29) is 23.1 Å². The van der Waals surface area contributed by atoms with Crippen molar-refractivity contribution in [1.82, 2.24) is 24.6 Å². The molecule has 4 heterocycles. The van der Waals surface area contributed by atoms with Gasteiger partial charge in [-0.1, -0.05) is 5.16 Å². The van der Waals surface area contributed by atoms with Crippen molar-refractivity contribution < 1.29 is 22.5 Å². The fraction of sp³-hybridized carbons (Fsp3) is 0.611. The van der Waals surface area contributed by atoms with Gasteiger partial charge in [0.1, 0.15) is 10.6 Å². The minimum absolute atomic E-state index is 0.0679. The van der Waals surface area contributed by atoms with Crippen LogP contribution in [0.3, 0.4) is 0 Å². The van der Waals surface area contributed by atoms with Crippen LogP contribution in [0, 0.1) is 13.8 Å². The molecular weight excluding hydrogens is 398 g/mol. The molecule has 2 aromatic heterocycles. The van der Waals surface area contributed by atoms with E-state index in [4.69, 9.17) is 9.26 Å². The molecule has 0 radical (unpaired) electrons. The van der Waals surface area contributed by atoms with Crippen molar-refractivity contribution in [3.05, 3.63) is 28.4 Å². The summed E-state index contributed by atoms with van der Waals surface area (Å²) in [5.74, 6) is 0.182. The number of nitrogens with one attached hydrogen (secondary N) is 1. The monoisotopic (exact) mass is 423 g/mol.